The molecule has 1 unspecified atom stereocenters. The summed E-state index contributed by atoms with van der Waals surface area (Å²) in [6, 6.07) is 10.1. The summed E-state index contributed by atoms with van der Waals surface area (Å²) in [5.74, 6) is 0.649. The average Bonchev–Trinajstić information content (AvgIpc) is 3.27. The molecule has 1 aliphatic rings. The summed E-state index contributed by atoms with van der Waals surface area (Å²) in [5, 5.41) is 8.70. The fourth-order valence-corrected chi connectivity index (χ4v) is 5.32. The molecule has 0 saturated carbocycles. The fraction of sp³-hybridized carbons (Fsp3) is 0.370. The molecule has 38 heavy (non-hydrogen) atoms. The third-order valence-electron chi connectivity index (χ3n) is 6.39. The van der Waals surface area contributed by atoms with Gasteiger partial charge in [-0.2, -0.15) is 18.9 Å². The number of thioether (sulfide) groups is 1. The lowest BCUT2D eigenvalue weighted by Crippen LogP contribution is -2.46. The molecule has 202 valence electrons. The van der Waals surface area contributed by atoms with Crippen molar-refractivity contribution in [2.75, 3.05) is 32.4 Å². The second kappa shape index (κ2) is 11.6. The summed E-state index contributed by atoms with van der Waals surface area (Å²) >= 11 is 1.51. The zero-order valence-electron chi connectivity index (χ0n) is 21.5. The van der Waals surface area contributed by atoms with Crippen molar-refractivity contribution in [3.05, 3.63) is 69.8 Å². The van der Waals surface area contributed by atoms with Gasteiger partial charge in [-0.05, 0) is 61.1 Å². The molecule has 2 aromatic carbocycles. The Labute approximate surface area is 227 Å². The Hall–Kier alpha value is -2.68. The van der Waals surface area contributed by atoms with E-state index in [9.17, 15) is 18.0 Å². The number of alkyl halides is 3. The summed E-state index contributed by atoms with van der Waals surface area (Å²) in [6.07, 6.45) is 6.30. The molecule has 1 atom stereocenters. The second-order valence-electron chi connectivity index (χ2n) is 9.62. The Morgan fingerprint density at radius 1 is 1.18 bits per heavy atom. The maximum Gasteiger partial charge on any atom is 0.284 e. The van der Waals surface area contributed by atoms with Crippen molar-refractivity contribution in [3.8, 4) is 0 Å². The summed E-state index contributed by atoms with van der Waals surface area (Å²) in [5.41, 5.74) is -3.00. The lowest BCUT2D eigenvalue weighted by molar-refractivity contribution is -0.106. The van der Waals surface area contributed by atoms with Crippen molar-refractivity contribution in [1.82, 2.24) is 20.0 Å². The third-order valence-corrected chi connectivity index (χ3v) is 7.44. The molecule has 11 heteroatoms. The lowest BCUT2D eigenvalue weighted by Gasteiger charge is -2.30. The van der Waals surface area contributed by atoms with Gasteiger partial charge in [0.2, 0.25) is 6.41 Å². The first kappa shape index (κ1) is 28.3. The van der Waals surface area contributed by atoms with E-state index in [1.165, 1.54) is 31.7 Å². The predicted octanol–water partition coefficient (Wildman–Crippen LogP) is 5.38. The van der Waals surface area contributed by atoms with Crippen molar-refractivity contribution < 1.29 is 18.0 Å². The smallest absolute Gasteiger partial charge is 0.284 e. The van der Waals surface area contributed by atoms with E-state index < -0.39 is 11.3 Å². The Morgan fingerprint density at radius 2 is 1.92 bits per heavy atom. The summed E-state index contributed by atoms with van der Waals surface area (Å²) in [6.45, 7) is 5.97. The largest absolute Gasteiger partial charge is 0.353 e. The minimum Gasteiger partial charge on any atom is -0.353 e. The molecule has 0 bridgehead atoms. The first-order valence-corrected chi connectivity index (χ1v) is 14.0. The van der Waals surface area contributed by atoms with Crippen LogP contribution in [0.3, 0.4) is 0 Å². The highest BCUT2D eigenvalue weighted by Gasteiger charge is 2.30. The van der Waals surface area contributed by atoms with Crippen LogP contribution in [0.1, 0.15) is 36.1 Å². The molecule has 6 nitrogen and oxygen atoms in total. The van der Waals surface area contributed by atoms with Gasteiger partial charge < -0.3 is 10.2 Å². The number of nitrogens with one attached hydrogen (secondary N) is 1. The maximum absolute atomic E-state index is 14.4. The first-order valence-electron chi connectivity index (χ1n) is 12.2. The molecule has 3 aromatic rings. The summed E-state index contributed by atoms with van der Waals surface area (Å²) in [4.78, 5) is 18.4. The van der Waals surface area contributed by atoms with Gasteiger partial charge in [-0.25, -0.2) is 4.39 Å². The molecular formula is C27H31F3N5OPS. The van der Waals surface area contributed by atoms with Gasteiger partial charge in [0, 0.05) is 43.3 Å². The van der Waals surface area contributed by atoms with E-state index in [1.54, 1.807) is 32.3 Å². The van der Waals surface area contributed by atoms with Gasteiger partial charge in [-0.1, -0.05) is 27.4 Å². The van der Waals surface area contributed by atoms with Crippen LogP contribution in [0, 0.1) is 0 Å². The van der Waals surface area contributed by atoms with Crippen LogP contribution in [-0.4, -0.2) is 59.4 Å². The normalized spacial score (nSPS) is 15.8. The molecule has 1 aliphatic heterocycles. The Morgan fingerprint density at radius 3 is 2.55 bits per heavy atom. The number of hydrogen-bond acceptors (Lipinski definition) is 4. The number of hydrogen-bond donors (Lipinski definition) is 1. The van der Waals surface area contributed by atoms with Crippen LogP contribution in [0.2, 0.25) is 0 Å². The Balaban J connectivity index is 1.64. The van der Waals surface area contributed by atoms with Crippen LogP contribution in [-0.2, 0) is 22.7 Å². The monoisotopic (exact) mass is 561 g/mol. The Kier molecular flexibility index (Phi) is 8.65. The number of amides is 1. The molecule has 1 amide bonds. The van der Waals surface area contributed by atoms with Crippen molar-refractivity contribution >= 4 is 50.2 Å². The topological polar surface area (TPSA) is 62.5 Å². The standard InChI is InChI=1S/C27H31F3N5OPS/c1-26(2,28)21-6-5-19(22(14-21)27(29,30)37)15-35-16-20-12-18(4-7-23(20)33-35)13-24(38-3)25(32-17-36)34-10-8-31-9-11-34/h4-7,12-14,16-17,31H,8-11,15,37H2,1-3H3/b24-13-,32-25?. The number of halogens is 3. The number of nitrogens with zero attached hydrogens (tertiary/aromatic N) is 4. The van der Waals surface area contributed by atoms with Crippen molar-refractivity contribution in [3.63, 3.8) is 0 Å². The van der Waals surface area contributed by atoms with Crippen molar-refractivity contribution in [2.24, 2.45) is 4.99 Å². The summed E-state index contributed by atoms with van der Waals surface area (Å²) < 4.78 is 44.9. The van der Waals surface area contributed by atoms with Gasteiger partial charge in [0.25, 0.3) is 5.66 Å². The molecule has 1 aromatic heterocycles. The molecule has 1 N–H and O–H groups in total. The Bertz CT molecular complexity index is 1370. The van der Waals surface area contributed by atoms with Crippen molar-refractivity contribution in [1.29, 1.82) is 0 Å². The highest BCUT2D eigenvalue weighted by Crippen LogP contribution is 2.39. The van der Waals surface area contributed by atoms with E-state index in [-0.39, 0.29) is 17.7 Å². The van der Waals surface area contributed by atoms with E-state index in [0.717, 1.165) is 47.6 Å². The molecule has 0 spiro atoms. The quantitative estimate of drug-likeness (QED) is 0.173. The number of fused-ring (bicyclic) bond motifs is 1. The van der Waals surface area contributed by atoms with E-state index in [0.29, 0.717) is 17.8 Å². The van der Waals surface area contributed by atoms with Gasteiger partial charge in [0.05, 0.1) is 17.0 Å². The first-order chi connectivity index (χ1) is 18.0. The molecule has 4 rings (SSSR count). The minimum atomic E-state index is -3.21. The molecule has 0 radical (unpaired) electrons. The molecule has 1 saturated heterocycles. The second-order valence-corrected chi connectivity index (χ2v) is 11.2. The van der Waals surface area contributed by atoms with Gasteiger partial charge in [0.1, 0.15) is 11.5 Å². The highest BCUT2D eigenvalue weighted by atomic mass is 32.2. The number of aliphatic imine (C=N–C) groups is 1. The van der Waals surface area contributed by atoms with Gasteiger partial charge in [0.15, 0.2) is 0 Å². The minimum absolute atomic E-state index is 0.112. The van der Waals surface area contributed by atoms with Gasteiger partial charge >= 0.3 is 0 Å². The summed E-state index contributed by atoms with van der Waals surface area (Å²) in [7, 11) is 1.54. The van der Waals surface area contributed by atoms with E-state index >= 15 is 0 Å². The molecule has 1 fully saturated rings. The molecular weight excluding hydrogens is 530 g/mol. The zero-order valence-corrected chi connectivity index (χ0v) is 23.5. The zero-order chi connectivity index (χ0) is 27.5. The lowest BCUT2D eigenvalue weighted by atomic mass is 9.95. The van der Waals surface area contributed by atoms with Crippen molar-refractivity contribution in [2.45, 2.75) is 31.7 Å². The number of aromatic nitrogens is 2. The van der Waals surface area contributed by atoms with Gasteiger partial charge in [-0.3, -0.25) is 9.48 Å². The number of piperazine rings is 1. The van der Waals surface area contributed by atoms with Crippen LogP contribution >= 0.6 is 21.0 Å². The molecule has 0 aliphatic carbocycles. The molecule has 2 heterocycles. The predicted molar refractivity (Wildman–Crippen MR) is 152 cm³/mol. The number of carbonyl (C=O) groups excluding carboxylic acids is 1. The number of amidine groups is 1. The fourth-order valence-electron chi connectivity index (χ4n) is 4.43. The van der Waals surface area contributed by atoms with Crippen LogP contribution in [0.5, 0.6) is 0 Å². The number of rotatable bonds is 8. The van der Waals surface area contributed by atoms with E-state index in [4.69, 9.17) is 0 Å². The SMILES string of the molecule is CS/C(=C\c1ccc2nn(Cc3ccc(C(C)(C)F)cc3C(F)(F)P)cc2c1)C(=NC=O)N1CCNCC1. The van der Waals surface area contributed by atoms with E-state index in [2.05, 4.69) is 20.3 Å². The highest BCUT2D eigenvalue weighted by molar-refractivity contribution is 8.03. The number of carbonyl (C=O) groups is 1. The van der Waals surface area contributed by atoms with Crippen LogP contribution in [0.25, 0.3) is 17.0 Å². The van der Waals surface area contributed by atoms with Crippen LogP contribution < -0.4 is 5.32 Å². The van der Waals surface area contributed by atoms with Gasteiger partial charge in [-0.15, -0.1) is 11.8 Å². The number of benzene rings is 2. The van der Waals surface area contributed by atoms with Crippen LogP contribution in [0.15, 0.2) is 52.5 Å². The van der Waals surface area contributed by atoms with Crippen LogP contribution in [0.4, 0.5) is 13.2 Å². The third kappa shape index (κ3) is 6.65. The average molecular weight is 562 g/mol. The maximum atomic E-state index is 14.4. The van der Waals surface area contributed by atoms with E-state index in [1.807, 2.05) is 30.5 Å².